The van der Waals surface area contributed by atoms with Gasteiger partial charge in [0.05, 0.1) is 16.0 Å². The van der Waals surface area contributed by atoms with Crippen LogP contribution in [0.3, 0.4) is 0 Å². The Kier molecular flexibility index (Phi) is 6.52. The van der Waals surface area contributed by atoms with Crippen molar-refractivity contribution in [2.45, 2.75) is 46.7 Å². The summed E-state index contributed by atoms with van der Waals surface area (Å²) in [5, 5.41) is 0.779. The number of carbonyl (C=O) groups excluding carboxylic acids is 1. The number of hydrogen-bond acceptors (Lipinski definition) is 4. The summed E-state index contributed by atoms with van der Waals surface area (Å²) in [6.45, 7) is 10.6. The molecule has 0 saturated carbocycles. The highest BCUT2D eigenvalue weighted by atomic mass is 79.9. The van der Waals surface area contributed by atoms with E-state index in [-0.39, 0.29) is 18.0 Å². The summed E-state index contributed by atoms with van der Waals surface area (Å²) in [5.41, 5.74) is 0.954. The largest absolute Gasteiger partial charge is 0.493 e. The van der Waals surface area contributed by atoms with Crippen LogP contribution in [0.4, 0.5) is 0 Å². The lowest BCUT2D eigenvalue weighted by Crippen LogP contribution is -2.35. The average Bonchev–Trinajstić information content (AvgIpc) is 2.77. The molecule has 1 aromatic carbocycles. The van der Waals surface area contributed by atoms with Crippen molar-refractivity contribution < 1.29 is 9.53 Å². The van der Waals surface area contributed by atoms with Crippen LogP contribution in [-0.2, 0) is 4.79 Å². The number of thioether (sulfide) groups is 1. The molecule has 1 fully saturated rings. The topological polar surface area (TPSA) is 41.9 Å². The molecule has 2 rings (SSSR count). The molecule has 0 spiro atoms. The van der Waals surface area contributed by atoms with Gasteiger partial charge in [0.1, 0.15) is 5.75 Å². The van der Waals surface area contributed by atoms with Crippen LogP contribution in [0.5, 0.6) is 5.75 Å². The number of amides is 1. The highest BCUT2D eigenvalue weighted by molar-refractivity contribution is 9.10. The number of carbonyl (C=O) groups is 1. The van der Waals surface area contributed by atoms with Crippen LogP contribution < -0.4 is 4.74 Å². The first-order valence-electron chi connectivity index (χ1n) is 8.06. The number of aliphatic imine (C=N–C) groups is 1. The second kappa shape index (κ2) is 8.21. The van der Waals surface area contributed by atoms with Crippen molar-refractivity contribution in [3.05, 3.63) is 33.1 Å². The van der Waals surface area contributed by atoms with Crippen molar-refractivity contribution in [2.24, 2.45) is 4.99 Å². The van der Waals surface area contributed by atoms with Crippen LogP contribution in [0.25, 0.3) is 6.08 Å². The van der Waals surface area contributed by atoms with Crippen molar-refractivity contribution in [1.82, 2.24) is 4.90 Å². The zero-order chi connectivity index (χ0) is 17.9. The van der Waals surface area contributed by atoms with Crippen molar-refractivity contribution in [3.8, 4) is 5.75 Å². The van der Waals surface area contributed by atoms with Gasteiger partial charge in [-0.2, -0.15) is 0 Å². The first-order chi connectivity index (χ1) is 11.3. The number of hydrogen-bond donors (Lipinski definition) is 0. The van der Waals surface area contributed by atoms with E-state index in [1.165, 1.54) is 11.8 Å². The minimum Gasteiger partial charge on any atom is -0.493 e. The molecule has 130 valence electrons. The van der Waals surface area contributed by atoms with Crippen LogP contribution in [-0.4, -0.2) is 34.7 Å². The van der Waals surface area contributed by atoms with Crippen LogP contribution in [0, 0.1) is 0 Å². The first kappa shape index (κ1) is 19.1. The summed E-state index contributed by atoms with van der Waals surface area (Å²) in [6, 6.07) is 6.06. The Morgan fingerprint density at radius 2 is 2.04 bits per heavy atom. The molecule has 0 unspecified atom stereocenters. The standard InChI is InChI=1S/C18H23BrN2O2S/c1-6-23-15-8-7-13(9-14(15)19)10-16-17(22)21(12(4)5)18(24-16)20-11(2)3/h7-12H,6H2,1-5H3/b16-10+,20-18?. The van der Waals surface area contributed by atoms with Crippen molar-refractivity contribution in [1.29, 1.82) is 0 Å². The molecule has 1 aliphatic heterocycles. The van der Waals surface area contributed by atoms with Gasteiger partial charge in [0, 0.05) is 12.1 Å². The number of ether oxygens (including phenoxy) is 1. The van der Waals surface area contributed by atoms with Gasteiger partial charge in [-0.15, -0.1) is 0 Å². The summed E-state index contributed by atoms with van der Waals surface area (Å²) in [6.07, 6.45) is 1.91. The molecule has 0 radical (unpaired) electrons. The lowest BCUT2D eigenvalue weighted by Gasteiger charge is -2.20. The van der Waals surface area contributed by atoms with E-state index in [4.69, 9.17) is 4.74 Å². The monoisotopic (exact) mass is 410 g/mol. The average molecular weight is 411 g/mol. The molecular weight excluding hydrogens is 388 g/mol. The van der Waals surface area contributed by atoms with Gasteiger partial charge < -0.3 is 4.74 Å². The van der Waals surface area contributed by atoms with Gasteiger partial charge >= 0.3 is 0 Å². The Morgan fingerprint density at radius 3 is 2.58 bits per heavy atom. The van der Waals surface area contributed by atoms with Crippen molar-refractivity contribution in [2.75, 3.05) is 6.61 Å². The van der Waals surface area contributed by atoms with Crippen molar-refractivity contribution in [3.63, 3.8) is 0 Å². The molecule has 4 nitrogen and oxygen atoms in total. The minimum absolute atomic E-state index is 0.0133. The molecule has 0 aromatic heterocycles. The molecule has 24 heavy (non-hydrogen) atoms. The van der Waals surface area contributed by atoms with E-state index in [0.717, 1.165) is 21.0 Å². The molecular formula is C18H23BrN2O2S. The van der Waals surface area contributed by atoms with E-state index in [9.17, 15) is 4.79 Å². The maximum absolute atomic E-state index is 12.7. The third-order valence-electron chi connectivity index (χ3n) is 3.28. The van der Waals surface area contributed by atoms with Gasteiger partial charge in [-0.25, -0.2) is 0 Å². The number of nitrogens with zero attached hydrogens (tertiary/aromatic N) is 2. The van der Waals surface area contributed by atoms with Gasteiger partial charge in [-0.05, 0) is 86.1 Å². The van der Waals surface area contributed by atoms with Crippen molar-refractivity contribution >= 4 is 44.8 Å². The quantitative estimate of drug-likeness (QED) is 0.645. The summed E-state index contributed by atoms with van der Waals surface area (Å²) in [7, 11) is 0. The SMILES string of the molecule is CCOc1ccc(/C=C2/SC(=NC(C)C)N(C(C)C)C2=O)cc1Br. The predicted octanol–water partition coefficient (Wildman–Crippen LogP) is 4.94. The van der Waals surface area contributed by atoms with E-state index in [1.807, 2.05) is 58.9 Å². The molecule has 1 aromatic rings. The highest BCUT2D eigenvalue weighted by Gasteiger charge is 2.35. The Labute approximate surface area is 156 Å². The van der Waals surface area contributed by atoms with Crippen LogP contribution in [0.2, 0.25) is 0 Å². The Balaban J connectivity index is 2.33. The van der Waals surface area contributed by atoms with Crippen LogP contribution in [0.15, 0.2) is 32.6 Å². The smallest absolute Gasteiger partial charge is 0.266 e. The number of halogens is 1. The minimum atomic E-state index is 0.0133. The third kappa shape index (κ3) is 4.42. The van der Waals surface area contributed by atoms with Gasteiger partial charge in [0.2, 0.25) is 0 Å². The fourth-order valence-corrected chi connectivity index (χ4v) is 4.03. The van der Waals surface area contributed by atoms with Gasteiger partial charge in [0.15, 0.2) is 5.17 Å². The summed E-state index contributed by atoms with van der Waals surface area (Å²) >= 11 is 4.95. The fraction of sp³-hybridized carbons (Fsp3) is 0.444. The van der Waals surface area contributed by atoms with E-state index >= 15 is 0 Å². The normalized spacial score (nSPS) is 18.5. The van der Waals surface area contributed by atoms with E-state index in [1.54, 1.807) is 4.90 Å². The Bertz CT molecular complexity index is 684. The number of rotatable bonds is 5. The molecule has 1 heterocycles. The molecule has 1 aliphatic rings. The van der Waals surface area contributed by atoms with Gasteiger partial charge in [-0.3, -0.25) is 14.7 Å². The van der Waals surface area contributed by atoms with E-state index in [0.29, 0.717) is 11.5 Å². The molecule has 6 heteroatoms. The lowest BCUT2D eigenvalue weighted by molar-refractivity contribution is -0.123. The maximum atomic E-state index is 12.7. The zero-order valence-electron chi connectivity index (χ0n) is 14.7. The molecule has 0 N–H and O–H groups in total. The predicted molar refractivity (Wildman–Crippen MR) is 105 cm³/mol. The molecule has 1 saturated heterocycles. The highest BCUT2D eigenvalue weighted by Crippen LogP contribution is 2.35. The van der Waals surface area contributed by atoms with E-state index in [2.05, 4.69) is 20.9 Å². The summed E-state index contributed by atoms with van der Waals surface area (Å²) < 4.78 is 6.41. The molecule has 0 bridgehead atoms. The Morgan fingerprint density at radius 1 is 1.33 bits per heavy atom. The van der Waals surface area contributed by atoms with Gasteiger partial charge in [-0.1, -0.05) is 6.07 Å². The number of amidine groups is 1. The summed E-state index contributed by atoms with van der Waals surface area (Å²) in [5.74, 6) is 0.815. The molecule has 1 amide bonds. The lowest BCUT2D eigenvalue weighted by atomic mass is 10.2. The first-order valence-corrected chi connectivity index (χ1v) is 9.67. The fourth-order valence-electron chi connectivity index (χ4n) is 2.28. The van der Waals surface area contributed by atoms with Gasteiger partial charge in [0.25, 0.3) is 5.91 Å². The zero-order valence-corrected chi connectivity index (χ0v) is 17.1. The second-order valence-electron chi connectivity index (χ2n) is 6.01. The maximum Gasteiger partial charge on any atom is 0.266 e. The van der Waals surface area contributed by atoms with Crippen LogP contribution >= 0.6 is 27.7 Å². The molecule has 0 aliphatic carbocycles. The van der Waals surface area contributed by atoms with E-state index < -0.39 is 0 Å². The number of benzene rings is 1. The summed E-state index contributed by atoms with van der Waals surface area (Å²) in [4.78, 5) is 19.8. The Hall–Kier alpha value is -1.27. The molecule has 0 atom stereocenters. The van der Waals surface area contributed by atoms with Crippen LogP contribution in [0.1, 0.15) is 40.2 Å². The second-order valence-corrected chi connectivity index (χ2v) is 7.87. The third-order valence-corrected chi connectivity index (χ3v) is 4.89.